The number of hydrogen-bond donors (Lipinski definition) is 0. The number of benzene rings is 2. The van der Waals surface area contributed by atoms with Crippen LogP contribution in [0.3, 0.4) is 0 Å². The first-order valence-electron chi connectivity index (χ1n) is 8.36. The summed E-state index contributed by atoms with van der Waals surface area (Å²) in [6.45, 7) is 0.903. The van der Waals surface area contributed by atoms with Crippen molar-refractivity contribution in [3.63, 3.8) is 0 Å². The van der Waals surface area contributed by atoms with Gasteiger partial charge in [-0.2, -0.15) is 11.8 Å². The summed E-state index contributed by atoms with van der Waals surface area (Å²) in [5, 5.41) is 2.65. The lowest BCUT2D eigenvalue weighted by Gasteiger charge is -2.18. The van der Waals surface area contributed by atoms with Crippen molar-refractivity contribution in [2.75, 3.05) is 0 Å². The monoisotopic (exact) mass is 424 g/mol. The van der Waals surface area contributed by atoms with Crippen LogP contribution in [-0.2, 0) is 18.7 Å². The molecule has 0 saturated carbocycles. The zero-order chi connectivity index (χ0) is 18.4. The number of aryl methyl sites for hydroxylation is 1. The van der Waals surface area contributed by atoms with Crippen LogP contribution < -0.4 is 0 Å². The molecule has 136 valence electrons. The van der Waals surface area contributed by atoms with Gasteiger partial charge in [0, 0.05) is 45.0 Å². The van der Waals surface area contributed by atoms with Crippen molar-refractivity contribution in [2.24, 2.45) is 0 Å². The molecule has 0 aliphatic heterocycles. The minimum Gasteiger partial charge on any atom is -0.336 e. The third-order valence-corrected chi connectivity index (χ3v) is 6.44. The predicted octanol–water partition coefficient (Wildman–Crippen LogP) is 6.78. The summed E-state index contributed by atoms with van der Waals surface area (Å²) >= 11 is 20.5. The third-order valence-electron chi connectivity index (χ3n) is 4.17. The van der Waals surface area contributed by atoms with Crippen LogP contribution in [0.5, 0.6) is 0 Å². The van der Waals surface area contributed by atoms with Crippen LogP contribution in [0.1, 0.15) is 17.5 Å². The lowest BCUT2D eigenvalue weighted by atomic mass is 10.1. The Kier molecular flexibility index (Phi) is 7.32. The largest absolute Gasteiger partial charge is 0.336 e. The normalized spacial score (nSPS) is 12.3. The summed E-state index contributed by atoms with van der Waals surface area (Å²) in [7, 11) is 0. The molecule has 0 fully saturated rings. The van der Waals surface area contributed by atoms with E-state index in [0.717, 1.165) is 45.8 Å². The molecule has 2 aromatic carbocycles. The number of nitrogens with zero attached hydrogens (tertiary/aromatic N) is 2. The molecular weight excluding hydrogens is 407 g/mol. The lowest BCUT2D eigenvalue weighted by Crippen LogP contribution is -2.13. The van der Waals surface area contributed by atoms with Gasteiger partial charge in [0.25, 0.3) is 0 Å². The molecule has 0 radical (unpaired) electrons. The fourth-order valence-corrected chi connectivity index (χ4v) is 4.80. The Hall–Kier alpha value is -1.13. The first-order valence-corrected chi connectivity index (χ1v) is 10.5. The molecule has 2 nitrogen and oxygen atoms in total. The maximum absolute atomic E-state index is 6.32. The van der Waals surface area contributed by atoms with E-state index in [9.17, 15) is 0 Å². The molecule has 0 saturated heterocycles. The van der Waals surface area contributed by atoms with Gasteiger partial charge in [-0.25, -0.2) is 4.98 Å². The van der Waals surface area contributed by atoms with E-state index in [-0.39, 0.29) is 0 Å². The van der Waals surface area contributed by atoms with Gasteiger partial charge in [-0.1, -0.05) is 53.0 Å². The minimum absolute atomic E-state index is 0.423. The molecule has 1 atom stereocenters. The summed E-state index contributed by atoms with van der Waals surface area (Å²) in [4.78, 5) is 4.15. The van der Waals surface area contributed by atoms with Gasteiger partial charge in [0.05, 0.1) is 6.33 Å². The van der Waals surface area contributed by atoms with Gasteiger partial charge in [-0.05, 0) is 48.2 Å². The second-order valence-corrected chi connectivity index (χ2v) is 8.60. The maximum atomic E-state index is 6.32. The average Bonchev–Trinajstić information content (AvgIpc) is 3.13. The van der Waals surface area contributed by atoms with E-state index in [1.165, 1.54) is 5.56 Å². The van der Waals surface area contributed by atoms with Crippen molar-refractivity contribution in [1.82, 2.24) is 9.55 Å². The van der Waals surface area contributed by atoms with Crippen molar-refractivity contribution in [3.05, 3.63) is 87.4 Å². The SMILES string of the molecule is Clc1ccc(CCC(Cn2ccnc2)SCc2c(Cl)cccc2Cl)cc1. The van der Waals surface area contributed by atoms with Gasteiger partial charge in [0.2, 0.25) is 0 Å². The number of hydrogen-bond acceptors (Lipinski definition) is 2. The highest BCUT2D eigenvalue weighted by Crippen LogP contribution is 2.31. The smallest absolute Gasteiger partial charge is 0.0946 e. The minimum atomic E-state index is 0.423. The Morgan fingerprint density at radius 1 is 1.00 bits per heavy atom. The molecule has 26 heavy (non-hydrogen) atoms. The van der Waals surface area contributed by atoms with Crippen LogP contribution >= 0.6 is 46.6 Å². The highest BCUT2D eigenvalue weighted by molar-refractivity contribution is 7.99. The molecule has 1 heterocycles. The van der Waals surface area contributed by atoms with Crippen molar-refractivity contribution < 1.29 is 0 Å². The Morgan fingerprint density at radius 3 is 2.38 bits per heavy atom. The summed E-state index contributed by atoms with van der Waals surface area (Å²) in [5.41, 5.74) is 2.30. The van der Waals surface area contributed by atoms with E-state index in [1.54, 1.807) is 0 Å². The van der Waals surface area contributed by atoms with Crippen LogP contribution in [0.25, 0.3) is 0 Å². The van der Waals surface area contributed by atoms with Crippen molar-refractivity contribution in [2.45, 2.75) is 30.4 Å². The molecule has 0 spiro atoms. The summed E-state index contributed by atoms with van der Waals surface area (Å²) < 4.78 is 2.12. The van der Waals surface area contributed by atoms with Crippen LogP contribution in [0.2, 0.25) is 15.1 Å². The Labute approximate surface area is 173 Å². The lowest BCUT2D eigenvalue weighted by molar-refractivity contribution is 0.624. The van der Waals surface area contributed by atoms with Crippen molar-refractivity contribution >= 4 is 46.6 Å². The van der Waals surface area contributed by atoms with Crippen molar-refractivity contribution in [1.29, 1.82) is 0 Å². The van der Waals surface area contributed by atoms with E-state index >= 15 is 0 Å². The highest BCUT2D eigenvalue weighted by Gasteiger charge is 2.14. The van der Waals surface area contributed by atoms with Crippen LogP contribution in [0.15, 0.2) is 61.2 Å². The highest BCUT2D eigenvalue weighted by atomic mass is 35.5. The van der Waals surface area contributed by atoms with Crippen LogP contribution in [-0.4, -0.2) is 14.8 Å². The fourth-order valence-electron chi connectivity index (χ4n) is 2.71. The first kappa shape index (κ1) is 19.6. The topological polar surface area (TPSA) is 17.8 Å². The zero-order valence-corrected chi connectivity index (χ0v) is 17.2. The molecular formula is C20H19Cl3N2S. The molecule has 1 unspecified atom stereocenters. The van der Waals surface area contributed by atoms with E-state index in [2.05, 4.69) is 21.7 Å². The fraction of sp³-hybridized carbons (Fsp3) is 0.250. The molecule has 1 aromatic heterocycles. The first-order chi connectivity index (χ1) is 12.6. The average molecular weight is 426 g/mol. The van der Waals surface area contributed by atoms with E-state index < -0.39 is 0 Å². The Balaban J connectivity index is 1.65. The molecule has 3 rings (SSSR count). The second-order valence-electron chi connectivity index (χ2n) is 6.06. The zero-order valence-electron chi connectivity index (χ0n) is 14.1. The number of thioether (sulfide) groups is 1. The van der Waals surface area contributed by atoms with Gasteiger partial charge in [0.1, 0.15) is 0 Å². The summed E-state index contributed by atoms with van der Waals surface area (Å²) in [6, 6.07) is 13.7. The Bertz CT molecular complexity index is 799. The predicted molar refractivity (Wildman–Crippen MR) is 114 cm³/mol. The Morgan fingerprint density at radius 2 is 1.73 bits per heavy atom. The molecule has 0 N–H and O–H groups in total. The van der Waals surface area contributed by atoms with Gasteiger partial charge >= 0.3 is 0 Å². The quantitative estimate of drug-likeness (QED) is 0.396. The molecule has 0 bridgehead atoms. The van der Waals surface area contributed by atoms with Crippen LogP contribution in [0, 0.1) is 0 Å². The molecule has 6 heteroatoms. The van der Waals surface area contributed by atoms with Crippen molar-refractivity contribution in [3.8, 4) is 0 Å². The van der Waals surface area contributed by atoms with Gasteiger partial charge in [-0.3, -0.25) is 0 Å². The van der Waals surface area contributed by atoms with E-state index in [0.29, 0.717) is 5.25 Å². The number of imidazole rings is 1. The standard InChI is InChI=1S/C20H19Cl3N2S/c21-16-7-4-15(5-8-16)6-9-17(12-25-11-10-24-14-25)26-13-18-19(22)2-1-3-20(18)23/h1-5,7-8,10-11,14,17H,6,9,12-13H2. The van der Waals surface area contributed by atoms with Crippen LogP contribution in [0.4, 0.5) is 0 Å². The maximum Gasteiger partial charge on any atom is 0.0946 e. The number of halogens is 3. The second kappa shape index (κ2) is 9.70. The van der Waals surface area contributed by atoms with Gasteiger partial charge in [-0.15, -0.1) is 0 Å². The number of rotatable bonds is 8. The molecule has 0 aliphatic rings. The van der Waals surface area contributed by atoms with Gasteiger partial charge < -0.3 is 4.57 Å². The van der Waals surface area contributed by atoms with E-state index in [1.807, 2.05) is 60.8 Å². The third kappa shape index (κ3) is 5.68. The molecule has 0 aliphatic carbocycles. The van der Waals surface area contributed by atoms with Gasteiger partial charge in [0.15, 0.2) is 0 Å². The molecule has 3 aromatic rings. The summed E-state index contributed by atoms with van der Waals surface area (Å²) in [5.74, 6) is 0.790. The molecule has 0 amide bonds. The number of aromatic nitrogens is 2. The van der Waals surface area contributed by atoms with E-state index in [4.69, 9.17) is 34.8 Å². The summed E-state index contributed by atoms with van der Waals surface area (Å²) in [6.07, 6.45) is 7.72.